The van der Waals surface area contributed by atoms with E-state index in [4.69, 9.17) is 9.47 Å². The average Bonchev–Trinajstić information content (AvgIpc) is 3.18. The minimum Gasteiger partial charge on any atom is -0.463 e. The van der Waals surface area contributed by atoms with E-state index in [0.29, 0.717) is 12.6 Å². The molecule has 3 aliphatic heterocycles. The SMILES string of the molecule is CC(C)OC(=O)[C@@H]1[C@H]2C(=O)N(C3CCCC3)C[C@@]23C=C[C@H]1O3. The lowest BCUT2D eigenvalue weighted by atomic mass is 9.77. The predicted octanol–water partition coefficient (Wildman–Crippen LogP) is 1.66. The Bertz CT molecular complexity index is 537. The summed E-state index contributed by atoms with van der Waals surface area (Å²) in [6, 6.07) is 0.324. The lowest BCUT2D eigenvalue weighted by Crippen LogP contribution is -2.41. The Morgan fingerprint density at radius 2 is 2.14 bits per heavy atom. The summed E-state index contributed by atoms with van der Waals surface area (Å²) < 4.78 is 11.5. The number of hydrogen-bond acceptors (Lipinski definition) is 4. The molecule has 4 atom stereocenters. The van der Waals surface area contributed by atoms with Crippen molar-refractivity contribution in [3.63, 3.8) is 0 Å². The van der Waals surface area contributed by atoms with Crippen LogP contribution in [0.15, 0.2) is 12.2 Å². The zero-order chi connectivity index (χ0) is 15.5. The van der Waals surface area contributed by atoms with Gasteiger partial charge in [-0.3, -0.25) is 9.59 Å². The maximum Gasteiger partial charge on any atom is 0.313 e. The second-order valence-corrected chi connectivity index (χ2v) is 7.29. The number of likely N-dealkylation sites (tertiary alicyclic amines) is 1. The van der Waals surface area contributed by atoms with Gasteiger partial charge in [-0.05, 0) is 26.7 Å². The van der Waals surface area contributed by atoms with Crippen LogP contribution in [0.25, 0.3) is 0 Å². The summed E-state index contributed by atoms with van der Waals surface area (Å²) in [5.41, 5.74) is -0.592. The molecule has 2 saturated heterocycles. The number of carbonyl (C=O) groups is 2. The first-order valence-electron chi connectivity index (χ1n) is 8.40. The maximum absolute atomic E-state index is 13.0. The van der Waals surface area contributed by atoms with Crippen molar-refractivity contribution in [3.05, 3.63) is 12.2 Å². The minimum absolute atomic E-state index is 0.0875. The Labute approximate surface area is 130 Å². The summed E-state index contributed by atoms with van der Waals surface area (Å²) in [4.78, 5) is 27.4. The number of rotatable bonds is 3. The van der Waals surface area contributed by atoms with Crippen molar-refractivity contribution in [2.75, 3.05) is 6.54 Å². The molecule has 0 radical (unpaired) electrons. The number of nitrogens with zero attached hydrogens (tertiary/aromatic N) is 1. The highest BCUT2D eigenvalue weighted by molar-refractivity contribution is 5.91. The summed E-state index contributed by atoms with van der Waals surface area (Å²) >= 11 is 0. The van der Waals surface area contributed by atoms with E-state index in [1.54, 1.807) is 0 Å². The molecule has 1 amide bonds. The Morgan fingerprint density at radius 3 is 2.82 bits per heavy atom. The third-order valence-corrected chi connectivity index (χ3v) is 5.52. The molecule has 3 heterocycles. The molecule has 1 saturated carbocycles. The molecule has 5 nitrogen and oxygen atoms in total. The summed E-state index contributed by atoms with van der Waals surface area (Å²) in [5.74, 6) is -1.08. The lowest BCUT2D eigenvalue weighted by molar-refractivity contribution is -0.157. The normalized spacial score (nSPS) is 40.0. The number of ether oxygens (including phenoxy) is 2. The molecule has 5 heteroatoms. The van der Waals surface area contributed by atoms with E-state index in [1.807, 2.05) is 30.9 Å². The quantitative estimate of drug-likeness (QED) is 0.588. The summed E-state index contributed by atoms with van der Waals surface area (Å²) in [6.07, 6.45) is 7.99. The first-order valence-corrected chi connectivity index (χ1v) is 8.40. The van der Waals surface area contributed by atoms with Gasteiger partial charge >= 0.3 is 5.97 Å². The van der Waals surface area contributed by atoms with Gasteiger partial charge in [0.25, 0.3) is 0 Å². The van der Waals surface area contributed by atoms with E-state index in [2.05, 4.69) is 0 Å². The molecule has 0 unspecified atom stereocenters. The Morgan fingerprint density at radius 1 is 1.41 bits per heavy atom. The smallest absolute Gasteiger partial charge is 0.313 e. The first kappa shape index (κ1) is 14.2. The van der Waals surface area contributed by atoms with Crippen LogP contribution in [-0.2, 0) is 19.1 Å². The predicted molar refractivity (Wildman–Crippen MR) is 78.9 cm³/mol. The Kier molecular flexibility index (Phi) is 3.12. The second kappa shape index (κ2) is 4.82. The second-order valence-electron chi connectivity index (χ2n) is 7.29. The van der Waals surface area contributed by atoms with Crippen molar-refractivity contribution >= 4 is 11.9 Å². The van der Waals surface area contributed by atoms with Crippen molar-refractivity contribution in [2.24, 2.45) is 11.8 Å². The van der Waals surface area contributed by atoms with E-state index >= 15 is 0 Å². The number of amides is 1. The van der Waals surface area contributed by atoms with Crippen LogP contribution in [0.4, 0.5) is 0 Å². The molecule has 3 fully saturated rings. The third-order valence-electron chi connectivity index (χ3n) is 5.52. The van der Waals surface area contributed by atoms with Crippen LogP contribution in [0.2, 0.25) is 0 Å². The summed E-state index contributed by atoms with van der Waals surface area (Å²) in [7, 11) is 0. The molecule has 4 aliphatic rings. The molecule has 4 rings (SSSR count). The zero-order valence-electron chi connectivity index (χ0n) is 13.2. The molecule has 22 heavy (non-hydrogen) atoms. The van der Waals surface area contributed by atoms with Crippen LogP contribution in [0, 0.1) is 11.8 Å². The van der Waals surface area contributed by atoms with Crippen LogP contribution in [0.3, 0.4) is 0 Å². The van der Waals surface area contributed by atoms with Gasteiger partial charge in [-0.1, -0.05) is 25.0 Å². The van der Waals surface area contributed by atoms with E-state index < -0.39 is 17.4 Å². The summed E-state index contributed by atoms with van der Waals surface area (Å²) in [5, 5.41) is 0. The fraction of sp³-hybridized carbons (Fsp3) is 0.765. The van der Waals surface area contributed by atoms with Gasteiger partial charge < -0.3 is 14.4 Å². The van der Waals surface area contributed by atoms with E-state index in [0.717, 1.165) is 12.8 Å². The van der Waals surface area contributed by atoms with Gasteiger partial charge in [-0.25, -0.2) is 0 Å². The summed E-state index contributed by atoms with van der Waals surface area (Å²) in [6.45, 7) is 4.26. The van der Waals surface area contributed by atoms with Crippen molar-refractivity contribution in [2.45, 2.75) is 63.4 Å². The third kappa shape index (κ3) is 1.87. The van der Waals surface area contributed by atoms with Gasteiger partial charge in [0.2, 0.25) is 5.91 Å². The van der Waals surface area contributed by atoms with Crippen LogP contribution in [0.5, 0.6) is 0 Å². The van der Waals surface area contributed by atoms with Crippen LogP contribution in [-0.4, -0.2) is 47.2 Å². The largest absolute Gasteiger partial charge is 0.463 e. The number of fused-ring (bicyclic) bond motifs is 1. The van der Waals surface area contributed by atoms with E-state index in [9.17, 15) is 9.59 Å². The molecule has 0 aromatic heterocycles. The van der Waals surface area contributed by atoms with Crippen molar-refractivity contribution in [1.82, 2.24) is 4.90 Å². The molecular weight excluding hydrogens is 282 g/mol. The lowest BCUT2D eigenvalue weighted by Gasteiger charge is -2.27. The van der Waals surface area contributed by atoms with Crippen LogP contribution in [0.1, 0.15) is 39.5 Å². The standard InChI is InChI=1S/C17H23NO4/c1-10(2)21-16(20)13-12-7-8-17(22-12)9-18(15(19)14(13)17)11-5-3-4-6-11/h7-8,10-14H,3-6,9H2,1-2H3/t12-,13+,14+,17+/m1/s1. The molecule has 0 N–H and O–H groups in total. The van der Waals surface area contributed by atoms with Gasteiger partial charge in [-0.15, -0.1) is 0 Å². The highest BCUT2D eigenvalue weighted by Crippen LogP contribution is 2.53. The monoisotopic (exact) mass is 305 g/mol. The van der Waals surface area contributed by atoms with Crippen molar-refractivity contribution < 1.29 is 19.1 Å². The molecule has 0 aromatic rings. The van der Waals surface area contributed by atoms with Crippen LogP contribution >= 0.6 is 0 Å². The molecule has 2 bridgehead atoms. The Balaban J connectivity index is 1.61. The molecular formula is C17H23NO4. The molecule has 120 valence electrons. The number of carbonyl (C=O) groups excluding carboxylic acids is 2. The fourth-order valence-corrected chi connectivity index (χ4v) is 4.63. The molecule has 1 spiro atoms. The number of esters is 1. The highest BCUT2D eigenvalue weighted by Gasteiger charge is 2.68. The maximum atomic E-state index is 13.0. The van der Waals surface area contributed by atoms with Gasteiger partial charge in [0.15, 0.2) is 0 Å². The fourth-order valence-electron chi connectivity index (χ4n) is 4.63. The van der Waals surface area contributed by atoms with Crippen LogP contribution < -0.4 is 0 Å². The van der Waals surface area contributed by atoms with Gasteiger partial charge in [-0.2, -0.15) is 0 Å². The first-order chi connectivity index (χ1) is 10.5. The molecule has 0 aromatic carbocycles. The van der Waals surface area contributed by atoms with Gasteiger partial charge in [0.1, 0.15) is 11.5 Å². The zero-order valence-corrected chi connectivity index (χ0v) is 13.2. The number of hydrogen-bond donors (Lipinski definition) is 0. The van der Waals surface area contributed by atoms with Gasteiger partial charge in [0.05, 0.1) is 24.7 Å². The van der Waals surface area contributed by atoms with E-state index in [-0.39, 0.29) is 24.1 Å². The average molecular weight is 305 g/mol. The highest BCUT2D eigenvalue weighted by atomic mass is 16.6. The van der Waals surface area contributed by atoms with Crippen molar-refractivity contribution in [3.8, 4) is 0 Å². The Hall–Kier alpha value is -1.36. The minimum atomic E-state index is -0.592. The topological polar surface area (TPSA) is 55.8 Å². The van der Waals surface area contributed by atoms with Gasteiger partial charge in [0, 0.05) is 6.04 Å². The molecule has 1 aliphatic carbocycles. The van der Waals surface area contributed by atoms with E-state index in [1.165, 1.54) is 12.8 Å². The van der Waals surface area contributed by atoms with Crippen molar-refractivity contribution in [1.29, 1.82) is 0 Å².